The summed E-state index contributed by atoms with van der Waals surface area (Å²) in [6.07, 6.45) is 4.90. The van der Waals surface area contributed by atoms with Crippen molar-refractivity contribution >= 4 is 36.7 Å². The molecule has 2 aromatic carbocycles. The molecule has 0 atom stereocenters. The highest BCUT2D eigenvalue weighted by atomic mass is 28.4. The lowest BCUT2D eigenvalue weighted by Crippen LogP contribution is -2.43. The summed E-state index contributed by atoms with van der Waals surface area (Å²) in [5.41, 5.74) is 4.42. The van der Waals surface area contributed by atoms with Crippen LogP contribution in [0.2, 0.25) is 18.1 Å². The average Bonchev–Trinajstić information content (AvgIpc) is 3.35. The van der Waals surface area contributed by atoms with E-state index in [-0.39, 0.29) is 11.6 Å². The molecule has 11 heteroatoms. The van der Waals surface area contributed by atoms with Crippen LogP contribution < -0.4 is 14.4 Å². The molecule has 0 saturated carbocycles. The molecule has 0 aliphatic carbocycles. The lowest BCUT2D eigenvalue weighted by atomic mass is 10.2. The first-order valence-electron chi connectivity index (χ1n) is 12.6. The first-order chi connectivity index (χ1) is 18.4. The Balaban J connectivity index is 1.76. The third kappa shape index (κ3) is 6.37. The summed E-state index contributed by atoms with van der Waals surface area (Å²) in [7, 11) is 1.17. The Morgan fingerprint density at radius 3 is 2.31 bits per heavy atom. The van der Waals surface area contributed by atoms with Crippen LogP contribution in [0.15, 0.2) is 55.0 Å². The number of nitrogens with zero attached hydrogens (tertiary/aromatic N) is 5. The van der Waals surface area contributed by atoms with E-state index in [1.165, 1.54) is 4.68 Å². The van der Waals surface area contributed by atoms with E-state index in [1.807, 2.05) is 36.4 Å². The van der Waals surface area contributed by atoms with E-state index < -0.39 is 14.3 Å². The molecule has 10 nitrogen and oxygen atoms in total. The fraction of sp³-hybridized carbons (Fsp3) is 0.357. The molecule has 0 amide bonds. The van der Waals surface area contributed by atoms with Crippen molar-refractivity contribution in [3.05, 3.63) is 55.0 Å². The summed E-state index contributed by atoms with van der Waals surface area (Å²) in [5.74, 6) is 0.374. The second kappa shape index (κ2) is 11.0. The molecule has 4 rings (SSSR count). The minimum absolute atomic E-state index is 0.0412. The highest BCUT2D eigenvalue weighted by molar-refractivity contribution is 6.74. The predicted octanol–water partition coefficient (Wildman–Crippen LogP) is 5.71. The van der Waals surface area contributed by atoms with Gasteiger partial charge in [-0.25, -0.2) is 4.98 Å². The number of carboxylic acid groups (broad SMARTS) is 1. The van der Waals surface area contributed by atoms with Gasteiger partial charge in [-0.1, -0.05) is 20.8 Å². The number of rotatable bonds is 10. The van der Waals surface area contributed by atoms with Crippen LogP contribution in [0.5, 0.6) is 11.5 Å². The maximum atomic E-state index is 11.0. The van der Waals surface area contributed by atoms with Crippen molar-refractivity contribution in [2.75, 3.05) is 25.9 Å². The van der Waals surface area contributed by atoms with Crippen molar-refractivity contribution in [1.82, 2.24) is 19.7 Å². The Morgan fingerprint density at radius 2 is 1.69 bits per heavy atom. The molecule has 0 fully saturated rings. The Bertz CT molecular complexity index is 1460. The number of methoxy groups -OCH3 is 2. The molecule has 39 heavy (non-hydrogen) atoms. The molecular formula is C28H35N5O5Si. The zero-order valence-corrected chi connectivity index (χ0v) is 24.4. The highest BCUT2D eigenvalue weighted by Crippen LogP contribution is 2.39. The van der Waals surface area contributed by atoms with E-state index in [0.717, 1.165) is 16.9 Å². The quantitative estimate of drug-likeness (QED) is 0.196. The molecule has 2 aromatic heterocycles. The third-order valence-corrected chi connectivity index (χ3v) is 11.5. The molecule has 0 radical (unpaired) electrons. The number of anilines is 2. The summed E-state index contributed by atoms with van der Waals surface area (Å²) in [6, 6.07) is 11.6. The lowest BCUT2D eigenvalue weighted by Gasteiger charge is -2.38. The summed E-state index contributed by atoms with van der Waals surface area (Å²) in [4.78, 5) is 22.5. The molecule has 1 N–H and O–H groups in total. The van der Waals surface area contributed by atoms with Crippen LogP contribution in [0.1, 0.15) is 20.8 Å². The standard InChI is InChI=1S/C28H35N5O5Si/c1-28(2,3)39(6,7)38-18-33(21-10-22(36-4)13-23(11-21)37-5)20-8-9-24-25(12-20)31-26(15-29-24)19-14-30-32(16-19)17-27(34)35/h8-16H,17-18H2,1-7H3,(H,34,35). The van der Waals surface area contributed by atoms with Crippen molar-refractivity contribution in [3.63, 3.8) is 0 Å². The molecule has 4 aromatic rings. The topological polar surface area (TPSA) is 112 Å². The second-order valence-corrected chi connectivity index (χ2v) is 15.6. The number of aliphatic carboxylic acids is 1. The zero-order chi connectivity index (χ0) is 28.4. The van der Waals surface area contributed by atoms with Gasteiger partial charge in [0.25, 0.3) is 0 Å². The van der Waals surface area contributed by atoms with Gasteiger partial charge in [-0.2, -0.15) is 5.10 Å². The van der Waals surface area contributed by atoms with Crippen molar-refractivity contribution in [3.8, 4) is 22.8 Å². The molecule has 206 valence electrons. The maximum Gasteiger partial charge on any atom is 0.325 e. The fourth-order valence-electron chi connectivity index (χ4n) is 3.72. The van der Waals surface area contributed by atoms with Gasteiger partial charge in [0.1, 0.15) is 24.8 Å². The predicted molar refractivity (Wildman–Crippen MR) is 153 cm³/mol. The van der Waals surface area contributed by atoms with Crippen LogP contribution in [0.3, 0.4) is 0 Å². The van der Waals surface area contributed by atoms with Gasteiger partial charge in [-0.3, -0.25) is 14.5 Å². The van der Waals surface area contributed by atoms with Crippen LogP contribution in [0, 0.1) is 0 Å². The van der Waals surface area contributed by atoms with Gasteiger partial charge < -0.3 is 23.9 Å². The van der Waals surface area contributed by atoms with E-state index in [0.29, 0.717) is 35.0 Å². The number of ether oxygens (including phenoxy) is 2. The second-order valence-electron chi connectivity index (χ2n) is 10.8. The summed E-state index contributed by atoms with van der Waals surface area (Å²) in [5, 5.41) is 13.2. The van der Waals surface area contributed by atoms with Crippen LogP contribution in [0.25, 0.3) is 22.3 Å². The number of benzene rings is 2. The number of hydrogen-bond acceptors (Lipinski definition) is 8. The molecule has 0 bridgehead atoms. The van der Waals surface area contributed by atoms with Crippen LogP contribution >= 0.6 is 0 Å². The monoisotopic (exact) mass is 549 g/mol. The summed E-state index contributed by atoms with van der Waals surface area (Å²) >= 11 is 0. The SMILES string of the molecule is COc1cc(OC)cc(N(CO[Si](C)(C)C(C)(C)C)c2ccc3ncc(-c4cnn(CC(=O)O)c4)nc3c2)c1. The number of hydrogen-bond donors (Lipinski definition) is 1. The van der Waals surface area contributed by atoms with Crippen LogP contribution in [0.4, 0.5) is 11.4 Å². The third-order valence-electron chi connectivity index (χ3n) is 7.07. The first kappa shape index (κ1) is 28.1. The summed E-state index contributed by atoms with van der Waals surface area (Å²) < 4.78 is 19.1. The number of fused-ring (bicyclic) bond motifs is 1. The average molecular weight is 550 g/mol. The van der Waals surface area contributed by atoms with Gasteiger partial charge in [-0.15, -0.1) is 0 Å². The Morgan fingerprint density at radius 1 is 1.00 bits per heavy atom. The number of carboxylic acids is 1. The maximum absolute atomic E-state index is 11.0. The number of carbonyl (C=O) groups is 1. The minimum Gasteiger partial charge on any atom is -0.497 e. The van der Waals surface area contributed by atoms with E-state index in [9.17, 15) is 4.79 Å². The van der Waals surface area contributed by atoms with E-state index in [2.05, 4.69) is 48.8 Å². The van der Waals surface area contributed by atoms with Crippen molar-refractivity contribution < 1.29 is 23.8 Å². The smallest absolute Gasteiger partial charge is 0.325 e. The van der Waals surface area contributed by atoms with Crippen LogP contribution in [-0.2, 0) is 15.8 Å². The van der Waals surface area contributed by atoms with Crippen LogP contribution in [-0.4, -0.2) is 60.1 Å². The molecular weight excluding hydrogens is 514 g/mol. The highest BCUT2D eigenvalue weighted by Gasteiger charge is 2.37. The molecule has 0 aliphatic heterocycles. The van der Waals surface area contributed by atoms with Gasteiger partial charge in [0.05, 0.1) is 49.0 Å². The fourth-order valence-corrected chi connectivity index (χ4v) is 4.60. The van der Waals surface area contributed by atoms with Gasteiger partial charge in [0.2, 0.25) is 0 Å². The van der Waals surface area contributed by atoms with E-state index in [4.69, 9.17) is 24.0 Å². The summed E-state index contributed by atoms with van der Waals surface area (Å²) in [6.45, 7) is 11.2. The van der Waals surface area contributed by atoms with Crippen molar-refractivity contribution in [2.45, 2.75) is 45.4 Å². The largest absolute Gasteiger partial charge is 0.497 e. The van der Waals surface area contributed by atoms with Crippen molar-refractivity contribution in [2.24, 2.45) is 0 Å². The molecule has 0 aliphatic rings. The zero-order valence-electron chi connectivity index (χ0n) is 23.4. The molecule has 0 saturated heterocycles. The lowest BCUT2D eigenvalue weighted by molar-refractivity contribution is -0.137. The number of aromatic nitrogens is 4. The van der Waals surface area contributed by atoms with Gasteiger partial charge in [-0.05, 0) is 36.3 Å². The minimum atomic E-state index is -2.08. The Kier molecular flexibility index (Phi) is 7.93. The van der Waals surface area contributed by atoms with Gasteiger partial charge >= 0.3 is 5.97 Å². The normalized spacial score (nSPS) is 12.0. The molecule has 2 heterocycles. The molecule has 0 unspecified atom stereocenters. The first-order valence-corrected chi connectivity index (χ1v) is 15.5. The van der Waals surface area contributed by atoms with Gasteiger partial charge in [0, 0.05) is 35.6 Å². The van der Waals surface area contributed by atoms with Crippen molar-refractivity contribution in [1.29, 1.82) is 0 Å². The Labute approximate surface area is 229 Å². The molecule has 0 spiro atoms. The van der Waals surface area contributed by atoms with E-state index >= 15 is 0 Å². The Hall–Kier alpha value is -3.96. The van der Waals surface area contributed by atoms with Gasteiger partial charge in [0.15, 0.2) is 8.32 Å². The van der Waals surface area contributed by atoms with E-state index in [1.54, 1.807) is 32.8 Å².